The summed E-state index contributed by atoms with van der Waals surface area (Å²) in [4.78, 5) is 17.4. The van der Waals surface area contributed by atoms with Crippen molar-refractivity contribution in [1.29, 1.82) is 0 Å². The molecule has 2 aromatic carbocycles. The van der Waals surface area contributed by atoms with Gasteiger partial charge in [0.1, 0.15) is 18.1 Å². The number of nitrogens with one attached hydrogen (secondary N) is 1. The molecule has 6 nitrogen and oxygen atoms in total. The summed E-state index contributed by atoms with van der Waals surface area (Å²) in [6.45, 7) is 5.98. The van der Waals surface area contributed by atoms with Crippen molar-refractivity contribution in [2.24, 2.45) is 0 Å². The van der Waals surface area contributed by atoms with Crippen LogP contribution in [-0.2, 0) is 6.61 Å². The van der Waals surface area contributed by atoms with Crippen molar-refractivity contribution < 1.29 is 14.1 Å². The third-order valence-corrected chi connectivity index (χ3v) is 4.77. The fourth-order valence-electron chi connectivity index (χ4n) is 3.13. The number of hydrogen-bond acceptors (Lipinski definition) is 5. The van der Waals surface area contributed by atoms with Crippen LogP contribution < -0.4 is 10.1 Å². The predicted octanol–water partition coefficient (Wildman–Crippen LogP) is 5.40. The lowest BCUT2D eigenvalue weighted by molar-refractivity contribution is 0.102. The quantitative estimate of drug-likeness (QED) is 0.465. The summed E-state index contributed by atoms with van der Waals surface area (Å²) in [5.74, 6) is 1.11. The fraction of sp³-hybridized carbons (Fsp3) is 0.174. The Bertz CT molecular complexity index is 1180. The number of anilines is 1. The van der Waals surface area contributed by atoms with Gasteiger partial charge in [-0.25, -0.2) is 0 Å². The first-order valence-corrected chi connectivity index (χ1v) is 9.33. The molecule has 0 saturated heterocycles. The Kier molecular flexibility index (Phi) is 6.37. The van der Waals surface area contributed by atoms with Crippen molar-refractivity contribution >= 4 is 34.9 Å². The first-order chi connectivity index (χ1) is 14.0. The lowest BCUT2D eigenvalue weighted by atomic mass is 10.1. The summed E-state index contributed by atoms with van der Waals surface area (Å²) in [6, 6.07) is 16.8. The maximum absolute atomic E-state index is 12.8. The van der Waals surface area contributed by atoms with E-state index in [1.54, 1.807) is 18.2 Å². The second-order valence-electron chi connectivity index (χ2n) is 6.90. The maximum Gasteiger partial charge on any atom is 0.255 e. The Morgan fingerprint density at radius 3 is 2.63 bits per heavy atom. The van der Waals surface area contributed by atoms with Crippen LogP contribution in [0.25, 0.3) is 10.9 Å². The number of carbonyl (C=O) groups is 1. The van der Waals surface area contributed by atoms with Crippen molar-refractivity contribution in [2.45, 2.75) is 27.4 Å². The molecule has 30 heavy (non-hydrogen) atoms. The van der Waals surface area contributed by atoms with Gasteiger partial charge in [0.25, 0.3) is 5.91 Å². The molecule has 0 bridgehead atoms. The number of pyridine rings is 1. The summed E-state index contributed by atoms with van der Waals surface area (Å²) >= 11 is 0. The molecule has 0 radical (unpaired) electrons. The molecule has 0 unspecified atom stereocenters. The zero-order chi connectivity index (χ0) is 20.4. The highest BCUT2D eigenvalue weighted by atomic mass is 35.5. The van der Waals surface area contributed by atoms with Crippen molar-refractivity contribution in [3.05, 3.63) is 82.9 Å². The highest BCUT2D eigenvalue weighted by Gasteiger charge is 2.12. The Hall–Kier alpha value is -3.38. The van der Waals surface area contributed by atoms with Gasteiger partial charge in [-0.1, -0.05) is 29.4 Å². The molecule has 0 atom stereocenters. The normalized spacial score (nSPS) is 10.5. The number of rotatable bonds is 5. The SMILES string of the molecule is Cc1ccc2cccc(NC(=O)c3cccc(OCc4c(C)noc4C)c3)c2n1.Cl. The molecule has 0 aliphatic heterocycles. The van der Waals surface area contributed by atoms with Gasteiger partial charge in [-0.15, -0.1) is 12.4 Å². The number of hydrogen-bond donors (Lipinski definition) is 1. The molecular weight excluding hydrogens is 402 g/mol. The van der Waals surface area contributed by atoms with Crippen molar-refractivity contribution in [3.8, 4) is 5.75 Å². The summed E-state index contributed by atoms with van der Waals surface area (Å²) in [6.07, 6.45) is 0. The molecular formula is C23H22ClN3O3. The summed E-state index contributed by atoms with van der Waals surface area (Å²) in [5, 5.41) is 7.87. The van der Waals surface area contributed by atoms with E-state index in [1.807, 2.05) is 57.2 Å². The van der Waals surface area contributed by atoms with Gasteiger partial charge in [-0.3, -0.25) is 9.78 Å². The van der Waals surface area contributed by atoms with E-state index in [4.69, 9.17) is 9.26 Å². The van der Waals surface area contributed by atoms with Crippen LogP contribution in [-0.4, -0.2) is 16.0 Å². The van der Waals surface area contributed by atoms with E-state index in [0.29, 0.717) is 23.6 Å². The van der Waals surface area contributed by atoms with Crippen LogP contribution in [0.1, 0.15) is 33.1 Å². The van der Waals surface area contributed by atoms with Gasteiger partial charge >= 0.3 is 0 Å². The molecule has 0 saturated carbocycles. The van der Waals surface area contributed by atoms with Gasteiger partial charge in [0.15, 0.2) is 0 Å². The molecule has 7 heteroatoms. The minimum absolute atomic E-state index is 0. The van der Waals surface area contributed by atoms with E-state index in [2.05, 4.69) is 15.5 Å². The van der Waals surface area contributed by atoms with E-state index in [0.717, 1.165) is 33.6 Å². The number of aromatic nitrogens is 2. The molecule has 154 valence electrons. The summed E-state index contributed by atoms with van der Waals surface area (Å²) in [5.41, 5.74) is 4.57. The van der Waals surface area contributed by atoms with Crippen molar-refractivity contribution in [2.75, 3.05) is 5.32 Å². The molecule has 0 spiro atoms. The second kappa shape index (κ2) is 8.97. The van der Waals surface area contributed by atoms with Crippen molar-refractivity contribution in [1.82, 2.24) is 10.1 Å². The van der Waals surface area contributed by atoms with Gasteiger partial charge in [0.2, 0.25) is 0 Å². The smallest absolute Gasteiger partial charge is 0.255 e. The molecule has 4 rings (SSSR count). The number of aryl methyl sites for hydroxylation is 3. The van der Waals surface area contributed by atoms with Gasteiger partial charge in [0.05, 0.1) is 22.5 Å². The molecule has 0 fully saturated rings. The van der Waals surface area contributed by atoms with E-state index >= 15 is 0 Å². The summed E-state index contributed by atoms with van der Waals surface area (Å²) in [7, 11) is 0. The first kappa shape index (κ1) is 21.3. The fourth-order valence-corrected chi connectivity index (χ4v) is 3.13. The topological polar surface area (TPSA) is 77.2 Å². The second-order valence-corrected chi connectivity index (χ2v) is 6.90. The Labute approximate surface area is 180 Å². The van der Waals surface area contributed by atoms with E-state index in [9.17, 15) is 4.79 Å². The van der Waals surface area contributed by atoms with Crippen LogP contribution >= 0.6 is 12.4 Å². The standard InChI is InChI=1S/C23H21N3O3.ClH/c1-14-10-11-17-6-5-9-21(22(17)24-14)25-23(27)18-7-4-8-19(12-18)28-13-20-15(2)26-29-16(20)3;/h4-12H,13H2,1-3H3,(H,25,27);1H. The first-order valence-electron chi connectivity index (χ1n) is 9.33. The van der Waals surface area contributed by atoms with Gasteiger partial charge in [-0.05, 0) is 51.1 Å². The number of halogens is 1. The molecule has 0 aliphatic rings. The van der Waals surface area contributed by atoms with Crippen molar-refractivity contribution in [3.63, 3.8) is 0 Å². The van der Waals surface area contributed by atoms with Gasteiger partial charge < -0.3 is 14.6 Å². The van der Waals surface area contributed by atoms with E-state index in [1.165, 1.54) is 0 Å². The highest BCUT2D eigenvalue weighted by Crippen LogP contribution is 2.23. The highest BCUT2D eigenvalue weighted by molar-refractivity contribution is 6.08. The van der Waals surface area contributed by atoms with E-state index < -0.39 is 0 Å². The maximum atomic E-state index is 12.8. The number of ether oxygens (including phenoxy) is 1. The lowest BCUT2D eigenvalue weighted by Gasteiger charge is -2.10. The Balaban J connectivity index is 0.00000256. The third kappa shape index (κ3) is 4.44. The Morgan fingerprint density at radius 1 is 1.07 bits per heavy atom. The number of benzene rings is 2. The zero-order valence-corrected chi connectivity index (χ0v) is 17.7. The number of fused-ring (bicyclic) bond motifs is 1. The van der Waals surface area contributed by atoms with Gasteiger partial charge in [0, 0.05) is 16.6 Å². The summed E-state index contributed by atoms with van der Waals surface area (Å²) < 4.78 is 11.0. The number of amides is 1. The largest absolute Gasteiger partial charge is 0.489 e. The monoisotopic (exact) mass is 423 g/mol. The Morgan fingerprint density at radius 2 is 1.87 bits per heavy atom. The number of nitrogens with zero attached hydrogens (tertiary/aromatic N) is 2. The predicted molar refractivity (Wildman–Crippen MR) is 118 cm³/mol. The van der Waals surface area contributed by atoms with Gasteiger partial charge in [-0.2, -0.15) is 0 Å². The average molecular weight is 424 g/mol. The van der Waals surface area contributed by atoms with Crippen LogP contribution in [0.15, 0.2) is 59.1 Å². The lowest BCUT2D eigenvalue weighted by Crippen LogP contribution is -2.12. The molecule has 2 aromatic heterocycles. The zero-order valence-electron chi connectivity index (χ0n) is 16.9. The third-order valence-electron chi connectivity index (χ3n) is 4.77. The van der Waals surface area contributed by atoms with Crippen LogP contribution in [0.2, 0.25) is 0 Å². The molecule has 0 aliphatic carbocycles. The molecule has 2 heterocycles. The number of carbonyl (C=O) groups excluding carboxylic acids is 1. The van der Waals surface area contributed by atoms with E-state index in [-0.39, 0.29) is 18.3 Å². The molecule has 1 amide bonds. The minimum Gasteiger partial charge on any atom is -0.489 e. The molecule has 1 N–H and O–H groups in total. The van der Waals surface area contributed by atoms with Crippen LogP contribution in [0, 0.1) is 20.8 Å². The van der Waals surface area contributed by atoms with Crippen LogP contribution in [0.4, 0.5) is 5.69 Å². The minimum atomic E-state index is -0.219. The number of para-hydroxylation sites is 1. The van der Waals surface area contributed by atoms with Crippen LogP contribution in [0.3, 0.4) is 0 Å². The van der Waals surface area contributed by atoms with Crippen LogP contribution in [0.5, 0.6) is 5.75 Å². The average Bonchev–Trinajstić information content (AvgIpc) is 3.04. The molecule has 4 aromatic rings.